The molecule has 6 heteroatoms. The Balaban J connectivity index is 1.89. The molecule has 0 unspecified atom stereocenters. The van der Waals surface area contributed by atoms with E-state index in [0.29, 0.717) is 35.6 Å². The molecule has 0 saturated heterocycles. The van der Waals surface area contributed by atoms with E-state index < -0.39 is 0 Å². The molecule has 1 N–H and O–H groups in total. The summed E-state index contributed by atoms with van der Waals surface area (Å²) in [6, 6.07) is 2.19. The lowest BCUT2D eigenvalue weighted by atomic mass is 9.83. The van der Waals surface area contributed by atoms with Gasteiger partial charge in [0.05, 0.1) is 10.7 Å². The third-order valence-electron chi connectivity index (χ3n) is 6.68. The van der Waals surface area contributed by atoms with Crippen molar-refractivity contribution in [3.8, 4) is 11.3 Å². The van der Waals surface area contributed by atoms with Crippen molar-refractivity contribution < 1.29 is 4.79 Å². The van der Waals surface area contributed by atoms with Crippen molar-refractivity contribution >= 4 is 17.5 Å². The second-order valence-corrected chi connectivity index (χ2v) is 11.7. The van der Waals surface area contributed by atoms with E-state index in [-0.39, 0.29) is 11.3 Å². The first kappa shape index (κ1) is 25.7. The highest BCUT2D eigenvalue weighted by Crippen LogP contribution is 2.37. The van der Waals surface area contributed by atoms with Gasteiger partial charge < -0.3 is 5.32 Å². The maximum absolute atomic E-state index is 13.0. The average molecular weight is 473 g/mol. The lowest BCUT2D eigenvalue weighted by molar-refractivity contribution is 0.0936. The molecule has 1 saturated carbocycles. The molecular formula is C27H41ClN4O. The molecule has 182 valence electrons. The second-order valence-electron chi connectivity index (χ2n) is 11.3. The topological polar surface area (TPSA) is 59.8 Å². The number of pyridine rings is 1. The Labute approximate surface area is 204 Å². The summed E-state index contributed by atoms with van der Waals surface area (Å²) in [5, 5.41) is 8.12. The van der Waals surface area contributed by atoms with Gasteiger partial charge in [0.15, 0.2) is 5.69 Å². The van der Waals surface area contributed by atoms with E-state index in [1.165, 1.54) is 31.2 Å². The number of aromatic nitrogens is 3. The number of nitrogens with zero attached hydrogens (tertiary/aromatic N) is 3. The van der Waals surface area contributed by atoms with Crippen LogP contribution in [0.3, 0.4) is 0 Å². The Morgan fingerprint density at radius 1 is 1.24 bits per heavy atom. The van der Waals surface area contributed by atoms with Crippen LogP contribution in [0.15, 0.2) is 12.3 Å². The molecule has 0 atom stereocenters. The molecule has 0 radical (unpaired) electrons. The molecule has 0 bridgehead atoms. The molecule has 5 nitrogen and oxygen atoms in total. The first-order chi connectivity index (χ1) is 15.5. The lowest BCUT2D eigenvalue weighted by Crippen LogP contribution is -2.31. The fourth-order valence-corrected chi connectivity index (χ4v) is 5.08. The maximum atomic E-state index is 13.0. The van der Waals surface area contributed by atoms with Crippen LogP contribution in [-0.4, -0.2) is 27.2 Å². The SMILES string of the molecule is CCn1nc(C(=O)NCC2CCC(C)CC2)c(Cl)c1-c1cnc(CC(C)(C)C)cc1C(C)C. The predicted molar refractivity (Wildman–Crippen MR) is 137 cm³/mol. The summed E-state index contributed by atoms with van der Waals surface area (Å²) in [5.41, 5.74) is 4.48. The third-order valence-corrected chi connectivity index (χ3v) is 7.04. The largest absolute Gasteiger partial charge is 0.350 e. The van der Waals surface area contributed by atoms with Crippen molar-refractivity contribution in [3.05, 3.63) is 34.2 Å². The smallest absolute Gasteiger partial charge is 0.273 e. The van der Waals surface area contributed by atoms with Gasteiger partial charge in [-0.3, -0.25) is 14.5 Å². The molecule has 1 aliphatic rings. The van der Waals surface area contributed by atoms with E-state index in [9.17, 15) is 4.79 Å². The lowest BCUT2D eigenvalue weighted by Gasteiger charge is -2.26. The van der Waals surface area contributed by atoms with Gasteiger partial charge in [-0.25, -0.2) is 0 Å². The van der Waals surface area contributed by atoms with Crippen molar-refractivity contribution in [3.63, 3.8) is 0 Å². The van der Waals surface area contributed by atoms with Gasteiger partial charge in [-0.1, -0.05) is 66.0 Å². The normalized spacial score (nSPS) is 19.2. The predicted octanol–water partition coefficient (Wildman–Crippen LogP) is 6.89. The summed E-state index contributed by atoms with van der Waals surface area (Å²) in [5.74, 6) is 1.45. The van der Waals surface area contributed by atoms with E-state index in [4.69, 9.17) is 16.6 Å². The fourth-order valence-electron chi connectivity index (χ4n) is 4.76. The Morgan fingerprint density at radius 2 is 1.91 bits per heavy atom. The van der Waals surface area contributed by atoms with E-state index in [0.717, 1.165) is 29.3 Å². The summed E-state index contributed by atoms with van der Waals surface area (Å²) in [6.07, 6.45) is 7.65. The van der Waals surface area contributed by atoms with Crippen LogP contribution in [0.4, 0.5) is 0 Å². The van der Waals surface area contributed by atoms with E-state index in [1.807, 2.05) is 17.8 Å². The summed E-state index contributed by atoms with van der Waals surface area (Å²) < 4.78 is 1.84. The van der Waals surface area contributed by atoms with Gasteiger partial charge in [-0.05, 0) is 61.0 Å². The number of halogens is 1. The average Bonchev–Trinajstić information content (AvgIpc) is 3.08. The quantitative estimate of drug-likeness (QED) is 0.477. The number of amides is 1. The Kier molecular flexibility index (Phi) is 8.26. The van der Waals surface area contributed by atoms with Crippen molar-refractivity contribution in [1.82, 2.24) is 20.1 Å². The van der Waals surface area contributed by atoms with Gasteiger partial charge in [0, 0.05) is 30.5 Å². The molecule has 1 amide bonds. The van der Waals surface area contributed by atoms with Crippen LogP contribution in [0, 0.1) is 17.3 Å². The first-order valence-electron chi connectivity index (χ1n) is 12.5. The van der Waals surface area contributed by atoms with Gasteiger partial charge in [0.2, 0.25) is 0 Å². The molecule has 2 heterocycles. The number of carbonyl (C=O) groups excluding carboxylic acids is 1. The highest BCUT2D eigenvalue weighted by Gasteiger charge is 2.26. The van der Waals surface area contributed by atoms with E-state index in [2.05, 4.69) is 58.0 Å². The number of rotatable bonds is 7. The summed E-state index contributed by atoms with van der Waals surface area (Å²) in [6.45, 7) is 16.7. The number of nitrogens with one attached hydrogen (secondary N) is 1. The van der Waals surface area contributed by atoms with E-state index >= 15 is 0 Å². The zero-order valence-electron chi connectivity index (χ0n) is 21.5. The van der Waals surface area contributed by atoms with Crippen LogP contribution in [0.1, 0.15) is 102 Å². The van der Waals surface area contributed by atoms with Crippen molar-refractivity contribution in [2.45, 2.75) is 93.0 Å². The summed E-state index contributed by atoms with van der Waals surface area (Å²) >= 11 is 6.83. The molecular weight excluding hydrogens is 432 g/mol. The second kappa shape index (κ2) is 10.6. The minimum absolute atomic E-state index is 0.160. The molecule has 2 aromatic rings. The number of hydrogen-bond acceptors (Lipinski definition) is 3. The third kappa shape index (κ3) is 6.38. The van der Waals surface area contributed by atoms with Gasteiger partial charge in [0.1, 0.15) is 0 Å². The number of hydrogen-bond donors (Lipinski definition) is 1. The first-order valence-corrected chi connectivity index (χ1v) is 12.9. The Bertz CT molecular complexity index is 965. The molecule has 0 aliphatic heterocycles. The minimum Gasteiger partial charge on any atom is -0.350 e. The number of carbonyl (C=O) groups is 1. The Hall–Kier alpha value is -1.88. The van der Waals surface area contributed by atoms with Gasteiger partial charge >= 0.3 is 0 Å². The molecule has 33 heavy (non-hydrogen) atoms. The van der Waals surface area contributed by atoms with Crippen LogP contribution in [-0.2, 0) is 13.0 Å². The highest BCUT2D eigenvalue weighted by molar-refractivity contribution is 6.36. The van der Waals surface area contributed by atoms with Gasteiger partial charge in [-0.2, -0.15) is 5.10 Å². The number of aryl methyl sites for hydroxylation is 1. The summed E-state index contributed by atoms with van der Waals surface area (Å²) in [4.78, 5) is 17.8. The van der Waals surface area contributed by atoms with Crippen molar-refractivity contribution in [2.24, 2.45) is 17.3 Å². The summed E-state index contributed by atoms with van der Waals surface area (Å²) in [7, 11) is 0. The van der Waals surface area contributed by atoms with Gasteiger partial charge in [0.25, 0.3) is 5.91 Å². The van der Waals surface area contributed by atoms with Crippen LogP contribution >= 0.6 is 11.6 Å². The van der Waals surface area contributed by atoms with Crippen molar-refractivity contribution in [1.29, 1.82) is 0 Å². The van der Waals surface area contributed by atoms with Crippen LogP contribution in [0.25, 0.3) is 11.3 Å². The van der Waals surface area contributed by atoms with Crippen LogP contribution in [0.2, 0.25) is 5.02 Å². The highest BCUT2D eigenvalue weighted by atomic mass is 35.5. The maximum Gasteiger partial charge on any atom is 0.273 e. The molecule has 1 aliphatic carbocycles. The molecule has 0 spiro atoms. The van der Waals surface area contributed by atoms with Crippen LogP contribution < -0.4 is 5.32 Å². The van der Waals surface area contributed by atoms with Crippen LogP contribution in [0.5, 0.6) is 0 Å². The minimum atomic E-state index is -0.185. The fraction of sp³-hybridized carbons (Fsp3) is 0.667. The molecule has 0 aromatic carbocycles. The zero-order chi connectivity index (χ0) is 24.3. The monoisotopic (exact) mass is 472 g/mol. The molecule has 3 rings (SSSR count). The zero-order valence-corrected chi connectivity index (χ0v) is 22.2. The standard InChI is InChI=1S/C27H41ClN4O/c1-8-32-25(22-16-29-20(14-27(5,6)7)13-21(22)17(2)3)23(28)24(31-32)26(33)30-15-19-11-9-18(4)10-12-19/h13,16-19H,8-12,14-15H2,1-7H3,(H,30,33). The van der Waals surface area contributed by atoms with E-state index in [1.54, 1.807) is 0 Å². The van der Waals surface area contributed by atoms with Gasteiger partial charge in [-0.15, -0.1) is 0 Å². The molecule has 2 aromatic heterocycles. The Morgan fingerprint density at radius 3 is 2.48 bits per heavy atom. The van der Waals surface area contributed by atoms with Crippen molar-refractivity contribution in [2.75, 3.05) is 6.54 Å². The molecule has 1 fully saturated rings.